The molecule has 0 bridgehead atoms. The molecule has 1 unspecified atom stereocenters. The molecule has 0 heterocycles. The molecule has 3 nitrogen and oxygen atoms in total. The molecule has 2 aromatic carbocycles. The summed E-state index contributed by atoms with van der Waals surface area (Å²) in [6.45, 7) is 2.16. The fourth-order valence-electron chi connectivity index (χ4n) is 2.43. The molecular weight excluding hydrogens is 296 g/mol. The van der Waals surface area contributed by atoms with Gasteiger partial charge in [0.1, 0.15) is 17.2 Å². The average Bonchev–Trinajstić information content (AvgIpc) is 2.59. The molecule has 0 aliphatic rings. The van der Waals surface area contributed by atoms with Gasteiger partial charge < -0.3 is 14.2 Å². The Morgan fingerprint density at radius 1 is 0.909 bits per heavy atom. The van der Waals surface area contributed by atoms with Gasteiger partial charge in [0, 0.05) is 12.1 Å². The highest BCUT2D eigenvalue weighted by molar-refractivity contribution is 7.99. The Bertz CT molecular complexity index is 574. The molecule has 118 valence electrons. The molecule has 0 aliphatic heterocycles. The first-order valence-corrected chi connectivity index (χ1v) is 8.26. The van der Waals surface area contributed by atoms with Crippen LogP contribution in [0.4, 0.5) is 0 Å². The lowest BCUT2D eigenvalue weighted by atomic mass is 10.0. The second kappa shape index (κ2) is 7.99. The minimum absolute atomic E-state index is 0.155. The molecule has 2 rings (SSSR count). The van der Waals surface area contributed by atoms with Crippen LogP contribution in [0.5, 0.6) is 17.2 Å². The fraction of sp³-hybridized carbons (Fsp3) is 0.333. The Kier molecular flexibility index (Phi) is 6.01. The first-order chi connectivity index (χ1) is 10.7. The van der Waals surface area contributed by atoms with Crippen LogP contribution in [0.15, 0.2) is 42.5 Å². The zero-order valence-electron chi connectivity index (χ0n) is 13.5. The van der Waals surface area contributed by atoms with Crippen LogP contribution in [0.25, 0.3) is 0 Å². The number of rotatable bonds is 7. The summed E-state index contributed by atoms with van der Waals surface area (Å²) < 4.78 is 16.5. The Morgan fingerprint density at radius 2 is 1.50 bits per heavy atom. The van der Waals surface area contributed by atoms with Gasteiger partial charge in [-0.25, -0.2) is 0 Å². The van der Waals surface area contributed by atoms with Gasteiger partial charge >= 0.3 is 0 Å². The highest BCUT2D eigenvalue weighted by Gasteiger charge is 2.24. The molecule has 0 amide bonds. The summed E-state index contributed by atoms with van der Waals surface area (Å²) in [5.41, 5.74) is 2.28. The average molecular weight is 318 g/mol. The molecule has 4 heteroatoms. The van der Waals surface area contributed by atoms with Crippen molar-refractivity contribution in [3.63, 3.8) is 0 Å². The van der Waals surface area contributed by atoms with Crippen LogP contribution in [0.1, 0.15) is 23.3 Å². The lowest BCUT2D eigenvalue weighted by Gasteiger charge is -2.23. The number of hydrogen-bond donors (Lipinski definition) is 0. The molecule has 0 saturated carbocycles. The molecule has 0 aromatic heterocycles. The van der Waals surface area contributed by atoms with Crippen LogP contribution in [0.2, 0.25) is 0 Å². The van der Waals surface area contributed by atoms with Crippen molar-refractivity contribution >= 4 is 11.8 Å². The van der Waals surface area contributed by atoms with Crippen LogP contribution in [0, 0.1) is 0 Å². The van der Waals surface area contributed by atoms with Gasteiger partial charge in [-0.05, 0) is 11.3 Å². The third-order valence-electron chi connectivity index (χ3n) is 3.45. The van der Waals surface area contributed by atoms with Crippen LogP contribution in [0.3, 0.4) is 0 Å². The van der Waals surface area contributed by atoms with Crippen molar-refractivity contribution in [1.82, 2.24) is 0 Å². The fourth-order valence-corrected chi connectivity index (χ4v) is 3.51. The van der Waals surface area contributed by atoms with Gasteiger partial charge in [-0.3, -0.25) is 0 Å². The number of ether oxygens (including phenoxy) is 3. The Morgan fingerprint density at radius 3 is 1.95 bits per heavy atom. The molecule has 0 spiro atoms. The third kappa shape index (κ3) is 3.50. The summed E-state index contributed by atoms with van der Waals surface area (Å²) in [5, 5.41) is 0.155. The van der Waals surface area contributed by atoms with E-state index >= 15 is 0 Å². The summed E-state index contributed by atoms with van der Waals surface area (Å²) in [4.78, 5) is 0. The maximum atomic E-state index is 5.61. The predicted octanol–water partition coefficient (Wildman–Crippen LogP) is 4.55. The first kappa shape index (κ1) is 16.6. The van der Waals surface area contributed by atoms with Crippen LogP contribution >= 0.6 is 11.8 Å². The number of benzene rings is 2. The molecule has 0 radical (unpaired) electrons. The van der Waals surface area contributed by atoms with Crippen LogP contribution in [-0.2, 0) is 0 Å². The van der Waals surface area contributed by atoms with E-state index in [9.17, 15) is 0 Å². The normalized spacial score (nSPS) is 11.8. The van der Waals surface area contributed by atoms with Crippen molar-refractivity contribution in [3.05, 3.63) is 53.6 Å². The van der Waals surface area contributed by atoms with Crippen molar-refractivity contribution in [1.29, 1.82) is 0 Å². The van der Waals surface area contributed by atoms with Crippen LogP contribution in [-0.4, -0.2) is 27.1 Å². The summed E-state index contributed by atoms with van der Waals surface area (Å²) in [7, 11) is 5.00. The van der Waals surface area contributed by atoms with Crippen molar-refractivity contribution < 1.29 is 14.2 Å². The lowest BCUT2D eigenvalue weighted by molar-refractivity contribution is 0.369. The highest BCUT2D eigenvalue weighted by atomic mass is 32.2. The minimum atomic E-state index is 0.155. The number of methoxy groups -OCH3 is 3. The topological polar surface area (TPSA) is 27.7 Å². The Balaban J connectivity index is 2.59. The van der Waals surface area contributed by atoms with Gasteiger partial charge in [0.25, 0.3) is 0 Å². The Hall–Kier alpha value is -1.81. The molecule has 22 heavy (non-hydrogen) atoms. The van der Waals surface area contributed by atoms with Crippen molar-refractivity contribution in [2.45, 2.75) is 12.2 Å². The second-order valence-electron chi connectivity index (χ2n) is 4.69. The monoisotopic (exact) mass is 318 g/mol. The molecule has 0 N–H and O–H groups in total. The third-order valence-corrected chi connectivity index (χ3v) is 4.63. The summed E-state index contributed by atoms with van der Waals surface area (Å²) >= 11 is 1.85. The number of thioether (sulfide) groups is 1. The zero-order chi connectivity index (χ0) is 15.9. The first-order valence-electron chi connectivity index (χ1n) is 7.21. The van der Waals surface area contributed by atoms with E-state index in [0.29, 0.717) is 0 Å². The lowest BCUT2D eigenvalue weighted by Crippen LogP contribution is -2.04. The SMILES string of the molecule is CCSC(c1ccccc1)c1c(OC)cc(OC)cc1OC. The van der Waals surface area contributed by atoms with Crippen molar-refractivity contribution in [2.24, 2.45) is 0 Å². The van der Waals surface area contributed by atoms with E-state index < -0.39 is 0 Å². The van der Waals surface area contributed by atoms with E-state index in [-0.39, 0.29) is 5.25 Å². The van der Waals surface area contributed by atoms with Crippen molar-refractivity contribution in [3.8, 4) is 17.2 Å². The van der Waals surface area contributed by atoms with Gasteiger partial charge in [-0.1, -0.05) is 37.3 Å². The summed E-state index contributed by atoms with van der Waals surface area (Å²) in [6, 6.07) is 14.2. The van der Waals surface area contributed by atoms with E-state index in [1.54, 1.807) is 21.3 Å². The molecular formula is C18H22O3S. The molecule has 0 aliphatic carbocycles. The minimum Gasteiger partial charge on any atom is -0.496 e. The molecule has 0 fully saturated rings. The largest absolute Gasteiger partial charge is 0.496 e. The van der Waals surface area contributed by atoms with Gasteiger partial charge in [0.15, 0.2) is 0 Å². The van der Waals surface area contributed by atoms with Crippen LogP contribution < -0.4 is 14.2 Å². The predicted molar refractivity (Wildman–Crippen MR) is 92.5 cm³/mol. The summed E-state index contributed by atoms with van der Waals surface area (Å²) in [5.74, 6) is 3.29. The van der Waals surface area contributed by atoms with E-state index in [0.717, 1.165) is 28.6 Å². The Labute approximate surface area is 136 Å². The van der Waals surface area contributed by atoms with E-state index in [2.05, 4.69) is 31.2 Å². The smallest absolute Gasteiger partial charge is 0.130 e. The van der Waals surface area contributed by atoms with Gasteiger partial charge in [-0.15, -0.1) is 11.8 Å². The van der Waals surface area contributed by atoms with Gasteiger partial charge in [0.2, 0.25) is 0 Å². The highest BCUT2D eigenvalue weighted by Crippen LogP contribution is 2.46. The van der Waals surface area contributed by atoms with E-state index in [1.807, 2.05) is 30.0 Å². The molecule has 0 saturated heterocycles. The molecule has 1 atom stereocenters. The van der Waals surface area contributed by atoms with Gasteiger partial charge in [0.05, 0.1) is 32.1 Å². The van der Waals surface area contributed by atoms with E-state index in [4.69, 9.17) is 14.2 Å². The van der Waals surface area contributed by atoms with E-state index in [1.165, 1.54) is 5.56 Å². The maximum Gasteiger partial charge on any atom is 0.130 e. The zero-order valence-corrected chi connectivity index (χ0v) is 14.3. The maximum absolute atomic E-state index is 5.61. The molecule has 2 aromatic rings. The van der Waals surface area contributed by atoms with Gasteiger partial charge in [-0.2, -0.15) is 0 Å². The summed E-state index contributed by atoms with van der Waals surface area (Å²) in [6.07, 6.45) is 0. The standard InChI is InChI=1S/C18H22O3S/c1-5-22-18(13-9-7-6-8-10-13)17-15(20-3)11-14(19-2)12-16(17)21-4/h6-12,18H,5H2,1-4H3. The van der Waals surface area contributed by atoms with Crippen molar-refractivity contribution in [2.75, 3.05) is 27.1 Å². The quantitative estimate of drug-likeness (QED) is 0.748. The second-order valence-corrected chi connectivity index (χ2v) is 6.07. The number of hydrogen-bond acceptors (Lipinski definition) is 4.